The molecule has 59 heavy (non-hydrogen) atoms. The second kappa shape index (κ2) is 12.3. The van der Waals surface area contributed by atoms with E-state index in [9.17, 15) is 0 Å². The van der Waals surface area contributed by atoms with Gasteiger partial charge in [-0.05, 0) is 87.3 Å². The normalized spacial score (nSPS) is 14.6. The number of para-hydroxylation sites is 2. The van der Waals surface area contributed by atoms with Crippen LogP contribution in [0.15, 0.2) is 201 Å². The van der Waals surface area contributed by atoms with Crippen LogP contribution in [0, 0.1) is 0 Å². The minimum Gasteiger partial charge on any atom is -0.456 e. The van der Waals surface area contributed by atoms with Crippen LogP contribution in [0.5, 0.6) is 0 Å². The molecule has 276 valence electrons. The van der Waals surface area contributed by atoms with E-state index in [-0.39, 0.29) is 0 Å². The molecule has 6 heteroatoms. The topological polar surface area (TPSA) is 70.0 Å². The molecule has 0 bridgehead atoms. The number of amidine groups is 2. The Kier molecular flexibility index (Phi) is 6.69. The fourth-order valence-electron chi connectivity index (χ4n) is 9.28. The minimum atomic E-state index is -0.547. The van der Waals surface area contributed by atoms with Gasteiger partial charge in [-0.1, -0.05) is 133 Å². The third-order valence-electron chi connectivity index (χ3n) is 11.9. The second-order valence-corrected chi connectivity index (χ2v) is 15.3. The lowest BCUT2D eigenvalue weighted by atomic mass is 9.99. The van der Waals surface area contributed by atoms with Crippen LogP contribution in [-0.2, 0) is 0 Å². The van der Waals surface area contributed by atoms with Gasteiger partial charge in [0.25, 0.3) is 0 Å². The van der Waals surface area contributed by atoms with Gasteiger partial charge in [-0.25, -0.2) is 0 Å². The van der Waals surface area contributed by atoms with E-state index in [1.165, 1.54) is 21.5 Å². The molecule has 0 aliphatic carbocycles. The average Bonchev–Trinajstić information content (AvgIpc) is 3.98. The minimum absolute atomic E-state index is 0.547. The van der Waals surface area contributed by atoms with Crippen LogP contribution >= 0.6 is 0 Å². The van der Waals surface area contributed by atoms with Gasteiger partial charge in [-0.3, -0.25) is 4.99 Å². The summed E-state index contributed by atoms with van der Waals surface area (Å²) in [6.07, 6.45) is -0.547. The Morgan fingerprint density at radius 1 is 0.458 bits per heavy atom. The summed E-state index contributed by atoms with van der Waals surface area (Å²) in [7, 11) is 0. The van der Waals surface area contributed by atoms with Crippen molar-refractivity contribution in [3.63, 3.8) is 0 Å². The summed E-state index contributed by atoms with van der Waals surface area (Å²) in [5.74, 6) is 1.26. The molecule has 0 fully saturated rings. The van der Waals surface area contributed by atoms with Crippen molar-refractivity contribution in [1.29, 1.82) is 0 Å². The lowest BCUT2D eigenvalue weighted by Crippen LogP contribution is -2.16. The molecular weight excluding hydrogens is 725 g/mol. The molecular formula is C53H31N4O2-. The fraction of sp³-hybridized carbons (Fsp3) is 0.0189. The van der Waals surface area contributed by atoms with Crippen molar-refractivity contribution in [3.05, 3.63) is 204 Å². The van der Waals surface area contributed by atoms with Crippen LogP contribution in [0.1, 0.15) is 22.9 Å². The predicted octanol–water partition coefficient (Wildman–Crippen LogP) is 14.2. The number of nitrogens with zero attached hydrogens (tertiary/aromatic N) is 4. The first kappa shape index (κ1) is 32.2. The number of furan rings is 2. The Bertz CT molecular complexity index is 3770. The first-order valence-electron chi connectivity index (χ1n) is 19.9. The summed E-state index contributed by atoms with van der Waals surface area (Å²) in [6.45, 7) is 0. The quantitative estimate of drug-likeness (QED) is 0.179. The number of hydrogen-bond donors (Lipinski definition) is 0. The largest absolute Gasteiger partial charge is 0.456 e. The molecule has 9 aromatic carbocycles. The van der Waals surface area contributed by atoms with Crippen LogP contribution in [0.25, 0.3) is 98.2 Å². The van der Waals surface area contributed by atoms with Crippen molar-refractivity contribution in [2.24, 2.45) is 9.98 Å². The van der Waals surface area contributed by atoms with Crippen molar-refractivity contribution in [1.82, 2.24) is 4.57 Å². The van der Waals surface area contributed by atoms with Gasteiger partial charge in [0.15, 0.2) is 0 Å². The lowest BCUT2D eigenvalue weighted by Gasteiger charge is -2.32. The van der Waals surface area contributed by atoms with Crippen molar-refractivity contribution in [2.45, 2.75) is 6.17 Å². The summed E-state index contributed by atoms with van der Waals surface area (Å²) in [4.78, 5) is 10.4. The third kappa shape index (κ3) is 4.80. The van der Waals surface area contributed by atoms with E-state index in [2.05, 4.69) is 138 Å². The highest BCUT2D eigenvalue weighted by Gasteiger charge is 2.22. The standard InChI is InChI=1S/C53H31N4O2/c1-2-12-32(13-3-1)51-54-52(56-53(55-51)38-18-10-22-45-48(38)37-17-7-9-21-44(37)58-45)35-25-24-31-26-27-47-49(39(31)29-35)50-42(20-11-23-46(50)59-47)57-41-19-8-6-16-36(41)40-28-33-14-4-5-15-34(33)30-43(40)57/h1-30,52H/q-1. The van der Waals surface area contributed by atoms with Gasteiger partial charge < -0.3 is 23.7 Å². The molecule has 12 aromatic rings. The van der Waals surface area contributed by atoms with Gasteiger partial charge in [-0.15, -0.1) is 0 Å². The Morgan fingerprint density at radius 2 is 1.15 bits per heavy atom. The highest BCUT2D eigenvalue weighted by Crippen LogP contribution is 2.43. The maximum absolute atomic E-state index is 6.70. The number of aliphatic imine (C=N–C) groups is 2. The molecule has 1 aliphatic heterocycles. The molecule has 0 saturated heterocycles. The Morgan fingerprint density at radius 3 is 2.05 bits per heavy atom. The summed E-state index contributed by atoms with van der Waals surface area (Å²) < 4.78 is 15.4. The van der Waals surface area contributed by atoms with Crippen molar-refractivity contribution >= 4 is 98.9 Å². The lowest BCUT2D eigenvalue weighted by molar-refractivity contribution is 0.668. The Hall–Kier alpha value is -7.96. The highest BCUT2D eigenvalue weighted by molar-refractivity contribution is 6.25. The number of rotatable bonds is 4. The molecule has 1 atom stereocenters. The average molecular weight is 756 g/mol. The molecule has 0 spiro atoms. The molecule has 4 heterocycles. The predicted molar refractivity (Wildman–Crippen MR) is 242 cm³/mol. The molecule has 1 unspecified atom stereocenters. The molecule has 0 saturated carbocycles. The summed E-state index contributed by atoms with van der Waals surface area (Å²) in [6, 6.07) is 63.5. The van der Waals surface area contributed by atoms with Gasteiger partial charge in [0.1, 0.15) is 22.3 Å². The van der Waals surface area contributed by atoms with Crippen molar-refractivity contribution in [2.75, 3.05) is 0 Å². The van der Waals surface area contributed by atoms with Gasteiger partial charge in [0, 0.05) is 32.5 Å². The SMILES string of the molecule is c1ccc(C2=NC(c3cccc4oc5ccccc5c34)=NC(c3ccc4ccc5oc6cccc(-n7c8ccccc8c8cc9ccccc9cc87)c6c5c4c3)[N-]2)cc1. The maximum Gasteiger partial charge on any atom is 0.137 e. The first-order chi connectivity index (χ1) is 29.2. The van der Waals surface area contributed by atoms with Crippen LogP contribution in [-0.4, -0.2) is 16.2 Å². The van der Waals surface area contributed by atoms with E-state index >= 15 is 0 Å². The maximum atomic E-state index is 6.70. The Labute approximate surface area is 336 Å². The molecule has 13 rings (SSSR count). The zero-order valence-corrected chi connectivity index (χ0v) is 31.5. The van der Waals surface area contributed by atoms with Crippen LogP contribution in [0.3, 0.4) is 0 Å². The number of aromatic nitrogens is 1. The first-order valence-corrected chi connectivity index (χ1v) is 19.9. The van der Waals surface area contributed by atoms with Gasteiger partial charge in [0.2, 0.25) is 0 Å². The molecule has 6 nitrogen and oxygen atoms in total. The van der Waals surface area contributed by atoms with Gasteiger partial charge >= 0.3 is 0 Å². The van der Waals surface area contributed by atoms with E-state index in [0.29, 0.717) is 11.7 Å². The zero-order valence-electron chi connectivity index (χ0n) is 31.5. The van der Waals surface area contributed by atoms with Crippen molar-refractivity contribution in [3.8, 4) is 5.69 Å². The van der Waals surface area contributed by atoms with Gasteiger partial charge in [0.05, 0.1) is 34.1 Å². The zero-order chi connectivity index (χ0) is 38.6. The molecule has 0 radical (unpaired) electrons. The second-order valence-electron chi connectivity index (χ2n) is 15.3. The van der Waals surface area contributed by atoms with E-state index < -0.39 is 6.17 Å². The summed E-state index contributed by atoms with van der Waals surface area (Å²) in [5, 5.41) is 16.4. The van der Waals surface area contributed by atoms with E-state index in [1.54, 1.807) is 0 Å². The van der Waals surface area contributed by atoms with E-state index in [4.69, 9.17) is 24.1 Å². The van der Waals surface area contributed by atoms with E-state index in [0.717, 1.165) is 88.1 Å². The van der Waals surface area contributed by atoms with Crippen LogP contribution < -0.4 is 0 Å². The molecule has 0 amide bonds. The molecule has 3 aromatic heterocycles. The van der Waals surface area contributed by atoms with E-state index in [1.807, 2.05) is 48.5 Å². The smallest absolute Gasteiger partial charge is 0.137 e. The van der Waals surface area contributed by atoms with Gasteiger partial charge in [-0.2, -0.15) is 0 Å². The molecule has 0 N–H and O–H groups in total. The number of benzene rings is 9. The summed E-state index contributed by atoms with van der Waals surface area (Å²) >= 11 is 0. The summed E-state index contributed by atoms with van der Waals surface area (Å²) in [5.41, 5.74) is 9.48. The van der Waals surface area contributed by atoms with Crippen LogP contribution in [0.2, 0.25) is 0 Å². The third-order valence-corrected chi connectivity index (χ3v) is 11.9. The van der Waals surface area contributed by atoms with Crippen molar-refractivity contribution < 1.29 is 8.83 Å². The Balaban J connectivity index is 1.04. The highest BCUT2D eigenvalue weighted by atomic mass is 16.3. The van der Waals surface area contributed by atoms with Crippen LogP contribution in [0.4, 0.5) is 0 Å². The number of hydrogen-bond acceptors (Lipinski definition) is 4. The molecule has 1 aliphatic rings. The monoisotopic (exact) mass is 755 g/mol. The number of fused-ring (bicyclic) bond motifs is 12. The fourth-order valence-corrected chi connectivity index (χ4v) is 9.28.